The van der Waals surface area contributed by atoms with Gasteiger partial charge in [-0.1, -0.05) is 24.3 Å². The second-order valence-electron chi connectivity index (χ2n) is 5.63. The van der Waals surface area contributed by atoms with Crippen LogP contribution in [0.5, 0.6) is 5.75 Å². The van der Waals surface area contributed by atoms with E-state index in [1.807, 2.05) is 18.2 Å². The molecule has 3 rings (SSSR count). The largest absolute Gasteiger partial charge is 0.496 e. The summed E-state index contributed by atoms with van der Waals surface area (Å²) < 4.78 is 10.6. The molecule has 0 saturated carbocycles. The molecule has 1 fully saturated rings. The molecule has 1 N–H and O–H groups in total. The summed E-state index contributed by atoms with van der Waals surface area (Å²) in [6.07, 6.45) is -1.06. The number of carbonyl (C=O) groups excluding carboxylic acids is 3. The number of esters is 1. The zero-order valence-electron chi connectivity index (χ0n) is 13.9. The molecule has 0 aliphatic carbocycles. The molecule has 1 aliphatic heterocycles. The molecule has 0 unspecified atom stereocenters. The molecule has 0 radical (unpaired) electrons. The van der Waals surface area contributed by atoms with Gasteiger partial charge in [0.1, 0.15) is 5.75 Å². The number of hydrogen-bond acceptors (Lipinski definition) is 5. The number of nitrogens with one attached hydrogen (secondary N) is 1. The number of fused-ring (bicyclic) bond motifs is 1. The molecule has 0 spiro atoms. The average molecular weight is 342 g/mol. The first kappa shape index (κ1) is 16.8. The second-order valence-corrected chi connectivity index (χ2v) is 5.63. The van der Waals surface area contributed by atoms with Crippen molar-refractivity contribution in [2.24, 2.45) is 0 Å². The van der Waals surface area contributed by atoms with E-state index in [-0.39, 0.29) is 6.54 Å². The van der Waals surface area contributed by atoms with Crippen LogP contribution in [0.1, 0.15) is 17.3 Å². The second kappa shape index (κ2) is 6.80. The minimum atomic E-state index is -1.06. The van der Waals surface area contributed by atoms with Gasteiger partial charge < -0.3 is 14.8 Å². The number of ether oxygens (including phenoxy) is 2. The van der Waals surface area contributed by atoms with E-state index in [9.17, 15) is 14.4 Å². The van der Waals surface area contributed by atoms with Crippen LogP contribution < -0.4 is 10.1 Å². The maximum Gasteiger partial charge on any atom is 0.339 e. The summed E-state index contributed by atoms with van der Waals surface area (Å²) >= 11 is 0. The Morgan fingerprint density at radius 3 is 2.52 bits per heavy atom. The van der Waals surface area contributed by atoms with E-state index in [4.69, 9.17) is 9.47 Å². The van der Waals surface area contributed by atoms with Gasteiger partial charge in [-0.25, -0.2) is 9.59 Å². The molecule has 1 aliphatic rings. The lowest BCUT2D eigenvalue weighted by molar-refractivity contribution is -0.136. The number of nitrogens with zero attached hydrogens (tertiary/aromatic N) is 1. The Bertz CT molecular complexity index is 848. The number of hydrogen-bond donors (Lipinski definition) is 1. The molecule has 1 saturated heterocycles. The topological polar surface area (TPSA) is 84.9 Å². The summed E-state index contributed by atoms with van der Waals surface area (Å²) in [5.41, 5.74) is 0.335. The number of rotatable bonds is 4. The summed E-state index contributed by atoms with van der Waals surface area (Å²) in [7, 11) is 1.56. The first-order valence-electron chi connectivity index (χ1n) is 7.89. The number of carbonyl (C=O) groups is 3. The molecule has 3 amide bonds. The Balaban J connectivity index is 1.83. The maximum absolute atomic E-state index is 12.5. The zero-order valence-corrected chi connectivity index (χ0v) is 13.9. The molecule has 130 valence electrons. The number of imide groups is 1. The lowest BCUT2D eigenvalue weighted by atomic mass is 10.0. The highest BCUT2D eigenvalue weighted by atomic mass is 16.5. The van der Waals surface area contributed by atoms with Gasteiger partial charge in [-0.15, -0.1) is 0 Å². The van der Waals surface area contributed by atoms with Gasteiger partial charge >= 0.3 is 12.0 Å². The fourth-order valence-corrected chi connectivity index (χ4v) is 2.80. The molecule has 7 nitrogen and oxygen atoms in total. The monoisotopic (exact) mass is 342 g/mol. The van der Waals surface area contributed by atoms with Gasteiger partial charge in [0.25, 0.3) is 5.91 Å². The fraction of sp³-hybridized carbons (Fsp3) is 0.278. The van der Waals surface area contributed by atoms with Crippen molar-refractivity contribution in [2.75, 3.05) is 20.2 Å². The SMILES string of the molecule is COc1ccc(C(=O)O[C@@H](C)C(=O)N2CCNC2=O)c2ccccc12. The van der Waals surface area contributed by atoms with Crippen LogP contribution in [0.25, 0.3) is 10.8 Å². The summed E-state index contributed by atoms with van der Waals surface area (Å²) in [6.45, 7) is 2.12. The van der Waals surface area contributed by atoms with E-state index in [0.717, 1.165) is 10.3 Å². The molecule has 0 aromatic heterocycles. The molecule has 2 aromatic rings. The summed E-state index contributed by atoms with van der Waals surface area (Å²) in [6, 6.07) is 10.1. The van der Waals surface area contributed by atoms with E-state index in [1.165, 1.54) is 6.92 Å². The highest BCUT2D eigenvalue weighted by Crippen LogP contribution is 2.29. The first-order chi connectivity index (χ1) is 12.0. The van der Waals surface area contributed by atoms with Crippen molar-refractivity contribution < 1.29 is 23.9 Å². The minimum Gasteiger partial charge on any atom is -0.496 e. The third-order valence-electron chi connectivity index (χ3n) is 4.08. The Hall–Kier alpha value is -3.09. The molecule has 2 aromatic carbocycles. The Kier molecular flexibility index (Phi) is 4.56. The van der Waals surface area contributed by atoms with Crippen LogP contribution in [0.2, 0.25) is 0 Å². The van der Waals surface area contributed by atoms with E-state index < -0.39 is 24.0 Å². The van der Waals surface area contributed by atoms with Crippen molar-refractivity contribution in [3.05, 3.63) is 42.0 Å². The van der Waals surface area contributed by atoms with Crippen molar-refractivity contribution in [1.29, 1.82) is 0 Å². The minimum absolute atomic E-state index is 0.269. The van der Waals surface area contributed by atoms with Gasteiger partial charge in [0.2, 0.25) is 0 Å². The maximum atomic E-state index is 12.5. The third kappa shape index (κ3) is 3.13. The highest BCUT2D eigenvalue weighted by molar-refractivity contribution is 6.07. The normalized spacial score (nSPS) is 15.0. The van der Waals surface area contributed by atoms with E-state index in [1.54, 1.807) is 25.3 Å². The van der Waals surface area contributed by atoms with Crippen LogP contribution in [0, 0.1) is 0 Å². The van der Waals surface area contributed by atoms with Crippen LogP contribution in [0.15, 0.2) is 36.4 Å². The number of methoxy groups -OCH3 is 1. The predicted octanol–water partition coefficient (Wildman–Crippen LogP) is 1.95. The molecule has 1 atom stereocenters. The van der Waals surface area contributed by atoms with Crippen molar-refractivity contribution in [1.82, 2.24) is 10.2 Å². The van der Waals surface area contributed by atoms with Crippen LogP contribution in [0.3, 0.4) is 0 Å². The van der Waals surface area contributed by atoms with Gasteiger partial charge in [0.05, 0.1) is 12.7 Å². The summed E-state index contributed by atoms with van der Waals surface area (Å²) in [5.74, 6) is -0.523. The molecule has 1 heterocycles. The van der Waals surface area contributed by atoms with Crippen molar-refractivity contribution >= 4 is 28.7 Å². The van der Waals surface area contributed by atoms with Crippen molar-refractivity contribution in [3.8, 4) is 5.75 Å². The zero-order chi connectivity index (χ0) is 18.0. The number of amides is 3. The van der Waals surface area contributed by atoms with Crippen molar-refractivity contribution in [2.45, 2.75) is 13.0 Å². The molecule has 7 heteroatoms. The Morgan fingerprint density at radius 2 is 1.88 bits per heavy atom. The van der Waals surface area contributed by atoms with Gasteiger partial charge in [-0.2, -0.15) is 0 Å². The lowest BCUT2D eigenvalue weighted by Gasteiger charge is -2.18. The predicted molar refractivity (Wildman–Crippen MR) is 90.5 cm³/mol. The smallest absolute Gasteiger partial charge is 0.339 e. The van der Waals surface area contributed by atoms with Crippen LogP contribution >= 0.6 is 0 Å². The lowest BCUT2D eigenvalue weighted by Crippen LogP contribution is -2.41. The standard InChI is InChI=1S/C18H18N2O5/c1-11(16(21)20-10-9-19-18(20)23)25-17(22)14-7-8-15(24-2)13-6-4-3-5-12(13)14/h3-8,11H,9-10H2,1-2H3,(H,19,23)/t11-/m0/s1. The van der Waals surface area contributed by atoms with E-state index in [0.29, 0.717) is 23.2 Å². The Morgan fingerprint density at radius 1 is 1.16 bits per heavy atom. The van der Waals surface area contributed by atoms with Gasteiger partial charge in [0, 0.05) is 18.5 Å². The Labute approximate surface area is 144 Å². The van der Waals surface area contributed by atoms with E-state index >= 15 is 0 Å². The summed E-state index contributed by atoms with van der Waals surface area (Å²) in [4.78, 5) is 37.4. The highest BCUT2D eigenvalue weighted by Gasteiger charge is 2.32. The quantitative estimate of drug-likeness (QED) is 0.859. The number of benzene rings is 2. The third-order valence-corrected chi connectivity index (χ3v) is 4.08. The number of urea groups is 1. The molecular weight excluding hydrogens is 324 g/mol. The van der Waals surface area contributed by atoms with Crippen LogP contribution in [-0.4, -0.2) is 49.1 Å². The average Bonchev–Trinajstić information content (AvgIpc) is 3.05. The first-order valence-corrected chi connectivity index (χ1v) is 7.89. The van der Waals surface area contributed by atoms with Gasteiger partial charge in [0.15, 0.2) is 6.10 Å². The van der Waals surface area contributed by atoms with Crippen LogP contribution in [0.4, 0.5) is 4.79 Å². The van der Waals surface area contributed by atoms with Gasteiger partial charge in [-0.3, -0.25) is 9.69 Å². The van der Waals surface area contributed by atoms with Gasteiger partial charge in [-0.05, 0) is 24.4 Å². The molecular formula is C18H18N2O5. The van der Waals surface area contributed by atoms with Crippen molar-refractivity contribution in [3.63, 3.8) is 0 Å². The fourth-order valence-electron chi connectivity index (χ4n) is 2.80. The summed E-state index contributed by atoms with van der Waals surface area (Å²) in [5, 5.41) is 3.99. The van der Waals surface area contributed by atoms with Crippen LogP contribution in [-0.2, 0) is 9.53 Å². The molecule has 0 bridgehead atoms. The van der Waals surface area contributed by atoms with E-state index in [2.05, 4.69) is 5.32 Å². The molecule has 25 heavy (non-hydrogen) atoms.